The Hall–Kier alpha value is -2.89. The number of anilines is 1. The molecule has 28 heavy (non-hydrogen) atoms. The van der Waals surface area contributed by atoms with E-state index in [0.717, 1.165) is 17.0 Å². The molecule has 0 spiro atoms. The number of nitrogens with zero attached hydrogens (tertiary/aromatic N) is 3. The van der Waals surface area contributed by atoms with Gasteiger partial charge in [-0.25, -0.2) is 4.39 Å². The first-order valence-corrected chi connectivity index (χ1v) is 9.49. The number of carbonyl (C=O) groups excluding carboxylic acids is 1. The predicted molar refractivity (Wildman–Crippen MR) is 109 cm³/mol. The molecule has 0 bridgehead atoms. The summed E-state index contributed by atoms with van der Waals surface area (Å²) in [5, 5.41) is 4.22. The Kier molecular flexibility index (Phi) is 6.29. The van der Waals surface area contributed by atoms with Crippen molar-refractivity contribution in [2.45, 2.75) is 32.4 Å². The third kappa shape index (κ3) is 4.68. The molecule has 2 aromatic carbocycles. The largest absolute Gasteiger partial charge is 0.390 e. The van der Waals surface area contributed by atoms with Crippen LogP contribution in [0.15, 0.2) is 53.7 Å². The van der Waals surface area contributed by atoms with E-state index in [1.165, 1.54) is 6.07 Å². The van der Waals surface area contributed by atoms with Gasteiger partial charge in [-0.05, 0) is 23.8 Å². The maximum absolute atomic E-state index is 14.0. The van der Waals surface area contributed by atoms with Gasteiger partial charge in [0.2, 0.25) is 5.91 Å². The van der Waals surface area contributed by atoms with E-state index < -0.39 is 0 Å². The minimum atomic E-state index is -0.304. The number of rotatable bonds is 7. The van der Waals surface area contributed by atoms with Gasteiger partial charge in [-0.1, -0.05) is 42.4 Å². The van der Waals surface area contributed by atoms with E-state index in [2.05, 4.69) is 5.16 Å². The molecular formula is C22H26FN3O2. The van der Waals surface area contributed by atoms with E-state index in [0.29, 0.717) is 24.9 Å². The van der Waals surface area contributed by atoms with Crippen LogP contribution in [0.4, 0.5) is 10.1 Å². The number of hydrogen-bond acceptors (Lipinski definition) is 4. The SMILES string of the molecule is CCC(=O)N(Cc1ccccc1F)CC1CC(c2ccc(N(C)C)cc2)=NO1. The molecule has 1 amide bonds. The maximum atomic E-state index is 14.0. The number of benzene rings is 2. The highest BCUT2D eigenvalue weighted by atomic mass is 19.1. The third-order valence-electron chi connectivity index (χ3n) is 4.85. The molecule has 0 aromatic heterocycles. The average molecular weight is 383 g/mol. The lowest BCUT2D eigenvalue weighted by Gasteiger charge is -2.24. The first-order chi connectivity index (χ1) is 13.5. The molecule has 1 heterocycles. The van der Waals surface area contributed by atoms with Crippen LogP contribution in [0.1, 0.15) is 30.9 Å². The van der Waals surface area contributed by atoms with Gasteiger partial charge in [0, 0.05) is 44.7 Å². The standard InChI is InChI=1S/C22H26FN3O2/c1-4-22(27)26(14-17-7-5-6-8-20(17)23)15-19-13-21(24-28-19)16-9-11-18(12-10-16)25(2)3/h5-12,19H,4,13-15H2,1-3H3. The van der Waals surface area contributed by atoms with E-state index >= 15 is 0 Å². The zero-order valence-corrected chi connectivity index (χ0v) is 16.6. The van der Waals surface area contributed by atoms with Crippen molar-refractivity contribution in [1.82, 2.24) is 4.90 Å². The summed E-state index contributed by atoms with van der Waals surface area (Å²) in [6.07, 6.45) is 0.748. The monoisotopic (exact) mass is 383 g/mol. The van der Waals surface area contributed by atoms with Crippen LogP contribution < -0.4 is 4.90 Å². The lowest BCUT2D eigenvalue weighted by atomic mass is 10.0. The Morgan fingerprint density at radius 1 is 1.18 bits per heavy atom. The third-order valence-corrected chi connectivity index (χ3v) is 4.85. The van der Waals surface area contributed by atoms with Crippen LogP contribution in [0, 0.1) is 5.82 Å². The fourth-order valence-corrected chi connectivity index (χ4v) is 3.20. The molecule has 0 aliphatic carbocycles. The Labute approximate surface area is 165 Å². The van der Waals surface area contributed by atoms with Gasteiger partial charge in [0.15, 0.2) is 6.10 Å². The molecule has 1 unspecified atom stereocenters. The highest BCUT2D eigenvalue weighted by molar-refractivity contribution is 6.01. The molecule has 1 aliphatic rings. The second-order valence-electron chi connectivity index (χ2n) is 7.13. The Balaban J connectivity index is 1.65. The molecular weight excluding hydrogens is 357 g/mol. The lowest BCUT2D eigenvalue weighted by molar-refractivity contribution is -0.133. The summed E-state index contributed by atoms with van der Waals surface area (Å²) in [6, 6.07) is 14.7. The van der Waals surface area contributed by atoms with Crippen molar-refractivity contribution in [2.24, 2.45) is 5.16 Å². The van der Waals surface area contributed by atoms with Gasteiger partial charge >= 0.3 is 0 Å². The summed E-state index contributed by atoms with van der Waals surface area (Å²) in [5.74, 6) is -0.336. The van der Waals surface area contributed by atoms with E-state index in [-0.39, 0.29) is 24.4 Å². The summed E-state index contributed by atoms with van der Waals surface area (Å²) in [7, 11) is 3.99. The maximum Gasteiger partial charge on any atom is 0.222 e. The molecule has 0 N–H and O–H groups in total. The average Bonchev–Trinajstić information content (AvgIpc) is 3.17. The van der Waals surface area contributed by atoms with Gasteiger partial charge in [0.05, 0.1) is 12.3 Å². The molecule has 5 nitrogen and oxygen atoms in total. The molecule has 0 radical (unpaired) electrons. The molecule has 0 saturated heterocycles. The van der Waals surface area contributed by atoms with Crippen molar-refractivity contribution in [3.8, 4) is 0 Å². The number of oxime groups is 1. The topological polar surface area (TPSA) is 45.1 Å². The minimum Gasteiger partial charge on any atom is -0.390 e. The molecule has 148 valence electrons. The van der Waals surface area contributed by atoms with E-state index in [4.69, 9.17) is 4.84 Å². The number of amides is 1. The van der Waals surface area contributed by atoms with Gasteiger partial charge in [-0.2, -0.15) is 0 Å². The van der Waals surface area contributed by atoms with Gasteiger partial charge in [-0.3, -0.25) is 4.79 Å². The summed E-state index contributed by atoms with van der Waals surface area (Å²) in [6.45, 7) is 2.41. The molecule has 2 aromatic rings. The number of halogens is 1. The zero-order chi connectivity index (χ0) is 20.1. The first-order valence-electron chi connectivity index (χ1n) is 9.49. The van der Waals surface area contributed by atoms with E-state index in [1.54, 1.807) is 30.0 Å². The highest BCUT2D eigenvalue weighted by Crippen LogP contribution is 2.21. The molecule has 3 rings (SSSR count). The molecule has 1 atom stereocenters. The highest BCUT2D eigenvalue weighted by Gasteiger charge is 2.26. The number of hydrogen-bond donors (Lipinski definition) is 0. The van der Waals surface area contributed by atoms with E-state index in [9.17, 15) is 9.18 Å². The van der Waals surface area contributed by atoms with Crippen LogP contribution in [0.25, 0.3) is 0 Å². The van der Waals surface area contributed by atoms with Crippen LogP contribution >= 0.6 is 0 Å². The Morgan fingerprint density at radius 2 is 1.89 bits per heavy atom. The van der Waals surface area contributed by atoms with Crippen molar-refractivity contribution < 1.29 is 14.0 Å². The van der Waals surface area contributed by atoms with Gasteiger partial charge in [-0.15, -0.1) is 0 Å². The van der Waals surface area contributed by atoms with Gasteiger partial charge in [0.1, 0.15) is 5.82 Å². The molecule has 0 fully saturated rings. The van der Waals surface area contributed by atoms with Crippen molar-refractivity contribution in [2.75, 3.05) is 25.5 Å². The van der Waals surface area contributed by atoms with Crippen molar-refractivity contribution in [1.29, 1.82) is 0 Å². The minimum absolute atomic E-state index is 0.0318. The zero-order valence-electron chi connectivity index (χ0n) is 16.6. The van der Waals surface area contributed by atoms with Gasteiger partial charge < -0.3 is 14.6 Å². The number of carbonyl (C=O) groups is 1. The van der Waals surface area contributed by atoms with Crippen LogP contribution in [0.3, 0.4) is 0 Å². The summed E-state index contributed by atoms with van der Waals surface area (Å²) >= 11 is 0. The Bertz CT molecular complexity index is 849. The molecule has 1 aliphatic heterocycles. The molecule has 0 saturated carbocycles. The second kappa shape index (κ2) is 8.87. The van der Waals surface area contributed by atoms with Crippen LogP contribution in [-0.2, 0) is 16.2 Å². The van der Waals surface area contributed by atoms with Gasteiger partial charge in [0.25, 0.3) is 0 Å². The summed E-state index contributed by atoms with van der Waals surface area (Å²) in [5.41, 5.74) is 3.49. The van der Waals surface area contributed by atoms with Crippen LogP contribution in [0.5, 0.6) is 0 Å². The lowest BCUT2D eigenvalue weighted by Crippen LogP contribution is -2.37. The van der Waals surface area contributed by atoms with E-state index in [1.807, 2.05) is 43.3 Å². The van der Waals surface area contributed by atoms with Crippen molar-refractivity contribution in [3.05, 3.63) is 65.5 Å². The predicted octanol–water partition coefficient (Wildman–Crippen LogP) is 3.82. The molecule has 6 heteroatoms. The Morgan fingerprint density at radius 3 is 2.54 bits per heavy atom. The van der Waals surface area contributed by atoms with Crippen LogP contribution in [0.2, 0.25) is 0 Å². The first kappa shape index (κ1) is 19.9. The fraction of sp³-hybridized carbons (Fsp3) is 0.364. The fourth-order valence-electron chi connectivity index (χ4n) is 3.20. The normalized spacial score (nSPS) is 15.7. The van der Waals surface area contributed by atoms with Crippen LogP contribution in [-0.4, -0.2) is 43.3 Å². The second-order valence-corrected chi connectivity index (χ2v) is 7.13. The smallest absolute Gasteiger partial charge is 0.222 e. The van der Waals surface area contributed by atoms with Crippen molar-refractivity contribution in [3.63, 3.8) is 0 Å². The summed E-state index contributed by atoms with van der Waals surface area (Å²) < 4.78 is 14.0. The quantitative estimate of drug-likeness (QED) is 0.730. The summed E-state index contributed by atoms with van der Waals surface area (Å²) in [4.78, 5) is 21.6. The van der Waals surface area contributed by atoms with Crippen molar-refractivity contribution >= 4 is 17.3 Å².